The van der Waals surface area contributed by atoms with Gasteiger partial charge in [-0.1, -0.05) is 59.1 Å². The quantitative estimate of drug-likeness (QED) is 0.235. The molecule has 3 heterocycles. The number of hydrazine groups is 1. The molecular formula is C31H34Cl2N8O3. The van der Waals surface area contributed by atoms with Crippen LogP contribution in [-0.2, 0) is 13.1 Å². The minimum absolute atomic E-state index is 0.0319. The monoisotopic (exact) mass is 636 g/mol. The Balaban J connectivity index is 1.63. The minimum Gasteiger partial charge on any atom is -0.465 e. The van der Waals surface area contributed by atoms with Gasteiger partial charge in [-0.2, -0.15) is 0 Å². The molecule has 2 amide bonds. The third kappa shape index (κ3) is 7.35. The zero-order chi connectivity index (χ0) is 31.4. The Bertz CT molecular complexity index is 1630. The zero-order valence-corrected chi connectivity index (χ0v) is 26.3. The van der Waals surface area contributed by atoms with Gasteiger partial charge in [0.05, 0.1) is 42.1 Å². The van der Waals surface area contributed by atoms with Crippen molar-refractivity contribution in [2.45, 2.75) is 58.7 Å². The standard InChI is InChI=1S/C31H34Cl2N8O3/c1-31(2,3)40(30(43)44)18-24-17-34-38-41(24)19-25-28(29(42)37-39-15-5-4-6-16-39)36-27(21-9-13-23(33)14-10-21)26(35-25)20-7-11-22(32)12-8-20/h7-14,17H,4-6,15-16,18-19H2,1-3H3,(H,37,42)(H,43,44). The number of piperidine rings is 1. The molecule has 4 aromatic rings. The van der Waals surface area contributed by atoms with Crippen molar-refractivity contribution >= 4 is 35.2 Å². The van der Waals surface area contributed by atoms with Crippen LogP contribution in [0.1, 0.15) is 61.9 Å². The van der Waals surface area contributed by atoms with E-state index in [9.17, 15) is 14.7 Å². The van der Waals surface area contributed by atoms with Gasteiger partial charge in [0.1, 0.15) is 0 Å². The van der Waals surface area contributed by atoms with E-state index in [1.54, 1.807) is 28.9 Å². The maximum Gasteiger partial charge on any atom is 0.408 e. The van der Waals surface area contributed by atoms with Gasteiger partial charge >= 0.3 is 6.09 Å². The summed E-state index contributed by atoms with van der Waals surface area (Å²) in [6.07, 6.45) is 3.54. The van der Waals surface area contributed by atoms with Crippen molar-refractivity contribution in [3.8, 4) is 22.5 Å². The second-order valence-corrected chi connectivity index (χ2v) is 12.5. The molecule has 1 aliphatic rings. The van der Waals surface area contributed by atoms with E-state index in [0.29, 0.717) is 32.8 Å². The Morgan fingerprint density at radius 1 is 0.909 bits per heavy atom. The second kappa shape index (κ2) is 13.3. The molecular weight excluding hydrogens is 603 g/mol. The number of carbonyl (C=O) groups is 2. The van der Waals surface area contributed by atoms with Crippen LogP contribution in [0.3, 0.4) is 0 Å². The van der Waals surface area contributed by atoms with Crippen molar-refractivity contribution in [1.29, 1.82) is 0 Å². The van der Waals surface area contributed by atoms with Crippen molar-refractivity contribution < 1.29 is 14.7 Å². The van der Waals surface area contributed by atoms with Gasteiger partial charge in [0.25, 0.3) is 5.91 Å². The molecule has 0 aliphatic carbocycles. The molecule has 230 valence electrons. The Labute approximate surface area is 265 Å². The van der Waals surface area contributed by atoms with Gasteiger partial charge in [-0.3, -0.25) is 15.1 Å². The molecule has 1 aliphatic heterocycles. The molecule has 0 atom stereocenters. The molecule has 5 rings (SSSR count). The van der Waals surface area contributed by atoms with Crippen molar-refractivity contribution in [2.24, 2.45) is 0 Å². The largest absolute Gasteiger partial charge is 0.465 e. The SMILES string of the molecule is CC(C)(C)N(Cc1cnnn1Cc1nc(-c2ccc(Cl)cc2)c(-c2ccc(Cl)cc2)nc1C(=O)NN1CCCCC1)C(=O)O. The first-order chi connectivity index (χ1) is 21.0. The van der Waals surface area contributed by atoms with Crippen molar-refractivity contribution in [3.63, 3.8) is 0 Å². The fourth-order valence-corrected chi connectivity index (χ4v) is 5.26. The van der Waals surface area contributed by atoms with E-state index in [1.807, 2.05) is 50.0 Å². The van der Waals surface area contributed by atoms with Crippen molar-refractivity contribution in [3.05, 3.63) is 81.9 Å². The third-order valence-corrected chi connectivity index (χ3v) is 7.90. The van der Waals surface area contributed by atoms with Crippen LogP contribution >= 0.6 is 23.2 Å². The summed E-state index contributed by atoms with van der Waals surface area (Å²) in [5.41, 5.74) is 5.89. The maximum atomic E-state index is 13.9. The fraction of sp³-hybridized carbons (Fsp3) is 0.355. The average Bonchev–Trinajstić information content (AvgIpc) is 3.43. The summed E-state index contributed by atoms with van der Waals surface area (Å²) < 4.78 is 1.55. The van der Waals surface area contributed by atoms with E-state index < -0.39 is 17.5 Å². The maximum absolute atomic E-state index is 13.9. The predicted molar refractivity (Wildman–Crippen MR) is 168 cm³/mol. The van der Waals surface area contributed by atoms with E-state index in [4.69, 9.17) is 33.2 Å². The van der Waals surface area contributed by atoms with Crippen LogP contribution in [0.15, 0.2) is 54.7 Å². The molecule has 0 spiro atoms. The number of hydrogen-bond acceptors (Lipinski definition) is 7. The highest BCUT2D eigenvalue weighted by Crippen LogP contribution is 2.32. The smallest absolute Gasteiger partial charge is 0.408 e. The molecule has 2 N–H and O–H groups in total. The lowest BCUT2D eigenvalue weighted by Gasteiger charge is -2.33. The van der Waals surface area contributed by atoms with Gasteiger partial charge in [0.15, 0.2) is 5.69 Å². The third-order valence-electron chi connectivity index (χ3n) is 7.39. The fourth-order valence-electron chi connectivity index (χ4n) is 5.01. The second-order valence-electron chi connectivity index (χ2n) is 11.6. The van der Waals surface area contributed by atoms with E-state index in [2.05, 4.69) is 15.7 Å². The number of amides is 2. The summed E-state index contributed by atoms with van der Waals surface area (Å²) in [4.78, 5) is 37.2. The van der Waals surface area contributed by atoms with Crippen LogP contribution < -0.4 is 5.43 Å². The van der Waals surface area contributed by atoms with Crippen LogP contribution in [0, 0.1) is 0 Å². The van der Waals surface area contributed by atoms with Gasteiger partial charge in [0, 0.05) is 39.8 Å². The molecule has 44 heavy (non-hydrogen) atoms. The lowest BCUT2D eigenvalue weighted by molar-refractivity contribution is 0.0743. The summed E-state index contributed by atoms with van der Waals surface area (Å²) in [5, 5.41) is 21.2. The first kappa shape index (κ1) is 31.4. The van der Waals surface area contributed by atoms with Gasteiger partial charge < -0.3 is 5.11 Å². The van der Waals surface area contributed by atoms with Crippen LogP contribution in [-0.4, -0.2) is 70.6 Å². The molecule has 13 heteroatoms. The molecule has 0 bridgehead atoms. The van der Waals surface area contributed by atoms with Crippen LogP contribution in [0.4, 0.5) is 4.79 Å². The number of hydrogen-bond donors (Lipinski definition) is 2. The zero-order valence-electron chi connectivity index (χ0n) is 24.8. The highest BCUT2D eigenvalue weighted by molar-refractivity contribution is 6.31. The summed E-state index contributed by atoms with van der Waals surface area (Å²) in [6, 6.07) is 14.4. The molecule has 0 saturated carbocycles. The number of rotatable bonds is 8. The van der Waals surface area contributed by atoms with Crippen LogP contribution in [0.25, 0.3) is 22.5 Å². The van der Waals surface area contributed by atoms with Crippen molar-refractivity contribution in [1.82, 2.24) is 40.3 Å². The van der Waals surface area contributed by atoms with Crippen LogP contribution in [0.5, 0.6) is 0 Å². The number of carboxylic acid groups (broad SMARTS) is 1. The highest BCUT2D eigenvalue weighted by atomic mass is 35.5. The first-order valence-corrected chi connectivity index (χ1v) is 15.1. The Morgan fingerprint density at radius 2 is 1.48 bits per heavy atom. The first-order valence-electron chi connectivity index (χ1n) is 14.4. The molecule has 0 unspecified atom stereocenters. The topological polar surface area (TPSA) is 129 Å². The Hall–Kier alpha value is -4.06. The lowest BCUT2D eigenvalue weighted by atomic mass is 10.0. The van der Waals surface area contributed by atoms with Crippen LogP contribution in [0.2, 0.25) is 10.0 Å². The van der Waals surface area contributed by atoms with E-state index in [-0.39, 0.29) is 18.8 Å². The van der Waals surface area contributed by atoms with Gasteiger partial charge in [-0.05, 0) is 57.9 Å². The van der Waals surface area contributed by atoms with E-state index >= 15 is 0 Å². The van der Waals surface area contributed by atoms with E-state index in [0.717, 1.165) is 43.5 Å². The summed E-state index contributed by atoms with van der Waals surface area (Å²) in [7, 11) is 0. The minimum atomic E-state index is -1.07. The Morgan fingerprint density at radius 3 is 2.02 bits per heavy atom. The molecule has 2 aromatic carbocycles. The van der Waals surface area contributed by atoms with Gasteiger partial charge in [-0.25, -0.2) is 24.5 Å². The Kier molecular flexibility index (Phi) is 9.48. The molecule has 2 aromatic heterocycles. The average molecular weight is 638 g/mol. The summed E-state index contributed by atoms with van der Waals surface area (Å²) in [5.74, 6) is -0.393. The number of nitrogens with zero attached hydrogens (tertiary/aromatic N) is 7. The number of halogens is 2. The molecule has 11 nitrogen and oxygen atoms in total. The van der Waals surface area contributed by atoms with Gasteiger partial charge in [-0.15, -0.1) is 5.10 Å². The van der Waals surface area contributed by atoms with E-state index in [1.165, 1.54) is 11.1 Å². The number of benzene rings is 2. The molecule has 0 radical (unpaired) electrons. The normalized spacial score (nSPS) is 13.9. The summed E-state index contributed by atoms with van der Waals surface area (Å²) >= 11 is 12.4. The molecule has 1 saturated heterocycles. The number of aromatic nitrogens is 5. The highest BCUT2D eigenvalue weighted by Gasteiger charge is 2.29. The number of nitrogens with one attached hydrogen (secondary N) is 1. The van der Waals surface area contributed by atoms with Crippen molar-refractivity contribution in [2.75, 3.05) is 13.1 Å². The number of carbonyl (C=O) groups excluding carboxylic acids is 1. The molecule has 1 fully saturated rings. The van der Waals surface area contributed by atoms with Gasteiger partial charge in [0.2, 0.25) is 0 Å². The summed E-state index contributed by atoms with van der Waals surface area (Å²) in [6.45, 7) is 7.01. The predicted octanol–water partition coefficient (Wildman–Crippen LogP) is 6.17. The lowest BCUT2D eigenvalue weighted by Crippen LogP contribution is -2.45.